The van der Waals surface area contributed by atoms with E-state index in [0.29, 0.717) is 17.0 Å². The van der Waals surface area contributed by atoms with Gasteiger partial charge in [-0.25, -0.2) is 4.98 Å². The number of hydrogen-bond donors (Lipinski definition) is 1. The number of imidazole rings is 1. The lowest BCUT2D eigenvalue weighted by Crippen LogP contribution is -2.14. The van der Waals surface area contributed by atoms with Crippen molar-refractivity contribution in [2.75, 3.05) is 5.32 Å². The third-order valence-electron chi connectivity index (χ3n) is 5.03. The number of nitrogens with one attached hydrogen (secondary N) is 1. The Balaban J connectivity index is 1.70. The van der Waals surface area contributed by atoms with Crippen LogP contribution in [0.15, 0.2) is 72.9 Å². The number of amides is 1. The average molecular weight is 435 g/mol. The van der Waals surface area contributed by atoms with Crippen molar-refractivity contribution in [3.05, 3.63) is 95.3 Å². The molecule has 7 heteroatoms. The van der Waals surface area contributed by atoms with Gasteiger partial charge in [-0.05, 0) is 49.8 Å². The first-order chi connectivity index (χ1) is 15.2. The monoisotopic (exact) mass is 435 g/mol. The summed E-state index contributed by atoms with van der Waals surface area (Å²) in [5, 5.41) is 2.33. The minimum absolute atomic E-state index is 0.290. The number of anilines is 1. The summed E-state index contributed by atoms with van der Waals surface area (Å²) in [4.78, 5) is 17.2. The van der Waals surface area contributed by atoms with E-state index in [4.69, 9.17) is 4.98 Å². The Morgan fingerprint density at radius 2 is 1.72 bits per heavy atom. The van der Waals surface area contributed by atoms with Crippen LogP contribution in [0.5, 0.6) is 0 Å². The van der Waals surface area contributed by atoms with Crippen molar-refractivity contribution in [1.82, 2.24) is 9.38 Å². The second-order valence-electron chi connectivity index (χ2n) is 7.51. The smallest absolute Gasteiger partial charge is 0.322 e. The Hall–Kier alpha value is -3.87. The van der Waals surface area contributed by atoms with Crippen molar-refractivity contribution in [1.29, 1.82) is 0 Å². The van der Waals surface area contributed by atoms with Gasteiger partial charge in [0.15, 0.2) is 0 Å². The molecule has 0 atom stereocenters. The minimum Gasteiger partial charge on any atom is -0.322 e. The van der Waals surface area contributed by atoms with Gasteiger partial charge >= 0.3 is 6.18 Å². The van der Waals surface area contributed by atoms with Gasteiger partial charge in [-0.1, -0.05) is 42.0 Å². The molecule has 0 fully saturated rings. The van der Waals surface area contributed by atoms with Gasteiger partial charge in [0.25, 0.3) is 0 Å². The summed E-state index contributed by atoms with van der Waals surface area (Å²) in [5.74, 6) is -0.668. The van der Waals surface area contributed by atoms with Crippen LogP contribution in [-0.2, 0) is 11.0 Å². The summed E-state index contributed by atoms with van der Waals surface area (Å²) < 4.78 is 41.5. The molecule has 0 aliphatic heterocycles. The maximum absolute atomic E-state index is 13.2. The molecule has 0 bridgehead atoms. The molecular weight excluding hydrogens is 415 g/mol. The summed E-state index contributed by atoms with van der Waals surface area (Å²) in [5.41, 5.74) is 3.87. The van der Waals surface area contributed by atoms with Crippen LogP contribution in [0.1, 0.15) is 22.4 Å². The highest BCUT2D eigenvalue weighted by atomic mass is 19.4. The van der Waals surface area contributed by atoms with Gasteiger partial charge in [-0.2, -0.15) is 13.2 Å². The summed E-state index contributed by atoms with van der Waals surface area (Å²) in [6.45, 7) is 3.95. The molecule has 32 heavy (non-hydrogen) atoms. The number of nitrogens with zero attached hydrogens (tertiary/aromatic N) is 2. The first-order valence-electron chi connectivity index (χ1n) is 9.93. The van der Waals surface area contributed by atoms with Crippen molar-refractivity contribution < 1.29 is 18.0 Å². The molecule has 4 nitrogen and oxygen atoms in total. The van der Waals surface area contributed by atoms with Crippen molar-refractivity contribution in [3.63, 3.8) is 0 Å². The largest absolute Gasteiger partial charge is 0.418 e. The third-order valence-corrected chi connectivity index (χ3v) is 5.03. The molecule has 4 aromatic rings. The van der Waals surface area contributed by atoms with Gasteiger partial charge in [0.05, 0.1) is 22.6 Å². The van der Waals surface area contributed by atoms with Crippen molar-refractivity contribution in [2.24, 2.45) is 0 Å². The number of aryl methyl sites for hydroxylation is 2. The number of alkyl halides is 3. The van der Waals surface area contributed by atoms with Gasteiger partial charge in [-0.15, -0.1) is 0 Å². The zero-order chi connectivity index (χ0) is 22.9. The number of rotatable bonds is 4. The van der Waals surface area contributed by atoms with E-state index in [0.717, 1.165) is 22.8 Å². The molecular formula is C25H20F3N3O. The standard InChI is InChI=1S/C25H20F3N3O/c1-16-7-9-18(10-8-16)24-21(31-14-13-17(2)15-22(31)30-24)11-12-23(32)29-20-6-4-3-5-19(20)25(26,27)28/h3-15H,1-2H3,(H,29,32)/b12-11+. The predicted molar refractivity (Wildman–Crippen MR) is 119 cm³/mol. The second kappa shape index (κ2) is 8.34. The van der Waals surface area contributed by atoms with Gasteiger partial charge in [0.1, 0.15) is 5.65 Å². The van der Waals surface area contributed by atoms with Gasteiger partial charge < -0.3 is 5.32 Å². The number of halogens is 3. The summed E-state index contributed by atoms with van der Waals surface area (Å²) in [6.07, 6.45) is 0.0712. The van der Waals surface area contributed by atoms with E-state index in [9.17, 15) is 18.0 Å². The van der Waals surface area contributed by atoms with E-state index >= 15 is 0 Å². The lowest BCUT2D eigenvalue weighted by atomic mass is 10.1. The van der Waals surface area contributed by atoms with Crippen LogP contribution >= 0.6 is 0 Å². The predicted octanol–water partition coefficient (Wildman–Crippen LogP) is 6.29. The van der Waals surface area contributed by atoms with Crippen LogP contribution in [-0.4, -0.2) is 15.3 Å². The van der Waals surface area contributed by atoms with Crippen LogP contribution in [0.25, 0.3) is 23.0 Å². The lowest BCUT2D eigenvalue weighted by molar-refractivity contribution is -0.136. The van der Waals surface area contributed by atoms with E-state index in [1.165, 1.54) is 24.3 Å². The molecule has 0 radical (unpaired) electrons. The number of benzene rings is 2. The van der Waals surface area contributed by atoms with Crippen molar-refractivity contribution >= 4 is 23.3 Å². The Kier molecular flexibility index (Phi) is 5.57. The Morgan fingerprint density at radius 1 is 1.00 bits per heavy atom. The topological polar surface area (TPSA) is 46.4 Å². The molecule has 0 spiro atoms. The zero-order valence-electron chi connectivity index (χ0n) is 17.4. The highest BCUT2D eigenvalue weighted by Crippen LogP contribution is 2.34. The maximum Gasteiger partial charge on any atom is 0.418 e. The minimum atomic E-state index is -4.56. The third kappa shape index (κ3) is 4.42. The van der Waals surface area contributed by atoms with Crippen LogP contribution in [0.3, 0.4) is 0 Å². The molecule has 1 N–H and O–H groups in total. The Bertz CT molecular complexity index is 1320. The van der Waals surface area contributed by atoms with Gasteiger partial charge in [-0.3, -0.25) is 9.20 Å². The summed E-state index contributed by atoms with van der Waals surface area (Å²) >= 11 is 0. The molecule has 0 aliphatic rings. The van der Waals surface area contributed by atoms with E-state index in [1.54, 1.807) is 6.08 Å². The molecule has 2 aromatic carbocycles. The van der Waals surface area contributed by atoms with Crippen LogP contribution in [0.4, 0.5) is 18.9 Å². The molecule has 2 aromatic heterocycles. The molecule has 1 amide bonds. The lowest BCUT2D eigenvalue weighted by Gasteiger charge is -2.12. The van der Waals surface area contributed by atoms with E-state index in [-0.39, 0.29) is 5.69 Å². The summed E-state index contributed by atoms with van der Waals surface area (Å²) in [7, 11) is 0. The van der Waals surface area contributed by atoms with E-state index in [1.807, 2.05) is 60.8 Å². The molecule has 0 saturated heterocycles. The number of carbonyl (C=O) groups is 1. The fraction of sp³-hybridized carbons (Fsp3) is 0.120. The summed E-state index contributed by atoms with van der Waals surface area (Å²) in [6, 6.07) is 16.6. The molecule has 0 unspecified atom stereocenters. The van der Waals surface area contributed by atoms with Gasteiger partial charge in [0, 0.05) is 17.8 Å². The first kappa shape index (κ1) is 21.4. The van der Waals surface area contributed by atoms with Crippen molar-refractivity contribution in [2.45, 2.75) is 20.0 Å². The van der Waals surface area contributed by atoms with Gasteiger partial charge in [0.2, 0.25) is 5.91 Å². The first-order valence-corrected chi connectivity index (χ1v) is 9.93. The maximum atomic E-state index is 13.2. The van der Waals surface area contributed by atoms with E-state index < -0.39 is 17.6 Å². The number of fused-ring (bicyclic) bond motifs is 1. The number of carbonyl (C=O) groups excluding carboxylic acids is 1. The molecule has 0 aliphatic carbocycles. The highest BCUT2D eigenvalue weighted by Gasteiger charge is 2.33. The SMILES string of the molecule is Cc1ccc(-c2nc3cc(C)ccn3c2/C=C/C(=O)Nc2ccccc2C(F)(F)F)cc1. The second-order valence-corrected chi connectivity index (χ2v) is 7.51. The molecule has 162 valence electrons. The number of pyridine rings is 1. The highest BCUT2D eigenvalue weighted by molar-refractivity contribution is 6.02. The number of aromatic nitrogens is 2. The fourth-order valence-corrected chi connectivity index (χ4v) is 3.42. The fourth-order valence-electron chi connectivity index (χ4n) is 3.42. The Morgan fingerprint density at radius 3 is 2.44 bits per heavy atom. The van der Waals surface area contributed by atoms with Crippen LogP contribution < -0.4 is 5.32 Å². The van der Waals surface area contributed by atoms with E-state index in [2.05, 4.69) is 5.32 Å². The average Bonchev–Trinajstić information content (AvgIpc) is 3.10. The van der Waals surface area contributed by atoms with Crippen molar-refractivity contribution in [3.8, 4) is 11.3 Å². The molecule has 4 rings (SSSR count). The number of para-hydroxylation sites is 1. The quantitative estimate of drug-likeness (QED) is 0.383. The normalized spacial score (nSPS) is 11.9. The van der Waals surface area contributed by atoms with Crippen LogP contribution in [0.2, 0.25) is 0 Å². The zero-order valence-corrected chi connectivity index (χ0v) is 17.4. The number of hydrogen-bond acceptors (Lipinski definition) is 2. The molecule has 0 saturated carbocycles. The van der Waals surface area contributed by atoms with Crippen LogP contribution in [0, 0.1) is 13.8 Å². The Labute approximate surface area is 183 Å². The molecule has 2 heterocycles.